The van der Waals surface area contributed by atoms with Crippen molar-refractivity contribution >= 4 is 5.69 Å². The van der Waals surface area contributed by atoms with E-state index in [-0.39, 0.29) is 0 Å². The lowest BCUT2D eigenvalue weighted by Crippen LogP contribution is -2.39. The Hall–Kier alpha value is -1.22. The zero-order valence-electron chi connectivity index (χ0n) is 10.5. The van der Waals surface area contributed by atoms with E-state index in [9.17, 15) is 5.11 Å². The van der Waals surface area contributed by atoms with Crippen LogP contribution in [0.5, 0.6) is 5.75 Å². The molecule has 0 bridgehead atoms. The highest BCUT2D eigenvalue weighted by atomic mass is 16.3. The van der Waals surface area contributed by atoms with Crippen LogP contribution in [0.4, 0.5) is 5.69 Å². The topological polar surface area (TPSA) is 35.5 Å². The van der Waals surface area contributed by atoms with Crippen molar-refractivity contribution in [2.75, 3.05) is 25.0 Å². The molecule has 3 nitrogen and oxygen atoms in total. The van der Waals surface area contributed by atoms with Crippen molar-refractivity contribution in [3.63, 3.8) is 0 Å². The Morgan fingerprint density at radius 2 is 2.24 bits per heavy atom. The fraction of sp³-hybridized carbons (Fsp3) is 0.571. The Labute approximate surface area is 103 Å². The third-order valence-corrected chi connectivity index (χ3v) is 3.43. The van der Waals surface area contributed by atoms with E-state index < -0.39 is 0 Å². The minimum Gasteiger partial charge on any atom is -0.508 e. The maximum atomic E-state index is 9.47. The molecule has 0 amide bonds. The van der Waals surface area contributed by atoms with E-state index in [0.717, 1.165) is 18.8 Å². The zero-order valence-corrected chi connectivity index (χ0v) is 10.5. The zero-order chi connectivity index (χ0) is 12.1. The van der Waals surface area contributed by atoms with Crippen molar-refractivity contribution in [1.82, 2.24) is 5.32 Å². The van der Waals surface area contributed by atoms with Crippen LogP contribution in [0.1, 0.15) is 25.7 Å². The molecule has 0 aliphatic carbocycles. The number of hydrogen-bond acceptors (Lipinski definition) is 3. The molecule has 0 spiro atoms. The first-order chi connectivity index (χ1) is 8.25. The van der Waals surface area contributed by atoms with Gasteiger partial charge < -0.3 is 15.3 Å². The number of phenolic OH excluding ortho intramolecular Hbond substituents is 1. The van der Waals surface area contributed by atoms with Crippen LogP contribution in [0.3, 0.4) is 0 Å². The minimum atomic E-state index is 0.336. The lowest BCUT2D eigenvalue weighted by molar-refractivity contribution is 0.474. The normalized spacial score (nSPS) is 20.9. The third kappa shape index (κ3) is 3.63. The number of aromatic hydroxyl groups is 1. The van der Waals surface area contributed by atoms with Crippen molar-refractivity contribution < 1.29 is 5.11 Å². The van der Waals surface area contributed by atoms with Crippen molar-refractivity contribution in [3.05, 3.63) is 24.3 Å². The molecule has 1 aliphatic rings. The van der Waals surface area contributed by atoms with Crippen LogP contribution in [-0.4, -0.2) is 31.3 Å². The second-order valence-corrected chi connectivity index (χ2v) is 4.90. The summed E-state index contributed by atoms with van der Waals surface area (Å²) in [6.45, 7) is 2.14. The molecular formula is C14H22N2O. The van der Waals surface area contributed by atoms with E-state index in [4.69, 9.17) is 0 Å². The molecule has 0 aromatic heterocycles. The van der Waals surface area contributed by atoms with Gasteiger partial charge in [-0.1, -0.05) is 18.9 Å². The summed E-state index contributed by atoms with van der Waals surface area (Å²) in [5.74, 6) is 0.336. The lowest BCUT2D eigenvalue weighted by Gasteiger charge is -2.25. The number of nitrogens with one attached hydrogen (secondary N) is 1. The molecule has 2 rings (SSSR count). The second kappa shape index (κ2) is 5.92. The predicted octanol–water partition coefficient (Wildman–Crippen LogP) is 2.36. The van der Waals surface area contributed by atoms with Gasteiger partial charge in [-0.25, -0.2) is 0 Å². The Bertz CT molecular complexity index is 346. The fourth-order valence-corrected chi connectivity index (χ4v) is 2.42. The molecule has 17 heavy (non-hydrogen) atoms. The molecule has 0 saturated carbocycles. The van der Waals surface area contributed by atoms with Gasteiger partial charge in [-0.15, -0.1) is 0 Å². The van der Waals surface area contributed by atoms with Gasteiger partial charge in [-0.2, -0.15) is 0 Å². The monoisotopic (exact) mass is 234 g/mol. The summed E-state index contributed by atoms with van der Waals surface area (Å²) in [5.41, 5.74) is 1.08. The van der Waals surface area contributed by atoms with Gasteiger partial charge in [0.15, 0.2) is 0 Å². The van der Waals surface area contributed by atoms with Crippen molar-refractivity contribution in [2.45, 2.75) is 31.7 Å². The summed E-state index contributed by atoms with van der Waals surface area (Å²) in [6.07, 6.45) is 5.22. The van der Waals surface area contributed by atoms with E-state index >= 15 is 0 Å². The molecule has 1 heterocycles. The summed E-state index contributed by atoms with van der Waals surface area (Å²) < 4.78 is 0. The van der Waals surface area contributed by atoms with Crippen LogP contribution in [0, 0.1) is 0 Å². The van der Waals surface area contributed by atoms with Crippen LogP contribution in [-0.2, 0) is 0 Å². The van der Waals surface area contributed by atoms with Crippen LogP contribution in [0.15, 0.2) is 24.3 Å². The molecule has 1 aliphatic heterocycles. The van der Waals surface area contributed by atoms with E-state index in [2.05, 4.69) is 17.3 Å². The quantitative estimate of drug-likeness (QED) is 0.842. The maximum Gasteiger partial charge on any atom is 0.117 e. The molecular weight excluding hydrogens is 212 g/mol. The van der Waals surface area contributed by atoms with Crippen LogP contribution in [0.25, 0.3) is 0 Å². The highest BCUT2D eigenvalue weighted by Gasteiger charge is 2.13. The van der Waals surface area contributed by atoms with E-state index in [1.54, 1.807) is 6.07 Å². The van der Waals surface area contributed by atoms with Gasteiger partial charge in [-0.05, 0) is 31.5 Å². The number of likely N-dealkylation sites (N-methyl/N-ethyl adjacent to an activating group) is 1. The predicted molar refractivity (Wildman–Crippen MR) is 71.6 cm³/mol. The largest absolute Gasteiger partial charge is 0.508 e. The van der Waals surface area contributed by atoms with E-state index in [1.807, 2.05) is 18.2 Å². The number of nitrogens with zero attached hydrogens (tertiary/aromatic N) is 1. The first-order valence-electron chi connectivity index (χ1n) is 6.49. The molecule has 1 aromatic carbocycles. The van der Waals surface area contributed by atoms with Gasteiger partial charge in [0, 0.05) is 31.4 Å². The number of rotatable bonds is 3. The molecule has 2 N–H and O–H groups in total. The molecule has 1 atom stereocenters. The van der Waals surface area contributed by atoms with Crippen LogP contribution < -0.4 is 10.2 Å². The second-order valence-electron chi connectivity index (χ2n) is 4.90. The Kier molecular flexibility index (Phi) is 4.26. The number of anilines is 1. The van der Waals surface area contributed by atoms with Gasteiger partial charge in [0.1, 0.15) is 5.75 Å². The molecule has 3 heteroatoms. The minimum absolute atomic E-state index is 0.336. The number of benzene rings is 1. The van der Waals surface area contributed by atoms with Gasteiger partial charge in [0.05, 0.1) is 0 Å². The summed E-state index contributed by atoms with van der Waals surface area (Å²) in [4.78, 5) is 2.21. The summed E-state index contributed by atoms with van der Waals surface area (Å²) in [7, 11) is 2.08. The third-order valence-electron chi connectivity index (χ3n) is 3.43. The Morgan fingerprint density at radius 3 is 3.06 bits per heavy atom. The molecule has 0 radical (unpaired) electrons. The summed E-state index contributed by atoms with van der Waals surface area (Å²) in [6, 6.07) is 8.03. The molecule has 94 valence electrons. The van der Waals surface area contributed by atoms with E-state index in [1.165, 1.54) is 25.7 Å². The van der Waals surface area contributed by atoms with Crippen molar-refractivity contribution in [3.8, 4) is 5.75 Å². The summed E-state index contributed by atoms with van der Waals surface area (Å²) >= 11 is 0. The average molecular weight is 234 g/mol. The Morgan fingerprint density at radius 1 is 1.35 bits per heavy atom. The fourth-order valence-electron chi connectivity index (χ4n) is 2.42. The highest BCUT2D eigenvalue weighted by molar-refractivity contribution is 5.49. The lowest BCUT2D eigenvalue weighted by atomic mass is 10.1. The van der Waals surface area contributed by atoms with Gasteiger partial charge >= 0.3 is 0 Å². The van der Waals surface area contributed by atoms with Crippen LogP contribution in [0.2, 0.25) is 0 Å². The average Bonchev–Trinajstić information content (AvgIpc) is 2.57. The molecule has 1 fully saturated rings. The maximum absolute atomic E-state index is 9.47. The Balaban J connectivity index is 1.93. The number of phenols is 1. The smallest absolute Gasteiger partial charge is 0.117 e. The number of hydrogen-bond donors (Lipinski definition) is 2. The standard InChI is InChI=1S/C14H22N2O/c1-16(13-7-5-8-14(17)10-13)11-12-6-3-2-4-9-15-12/h5,7-8,10,12,15,17H,2-4,6,9,11H2,1H3. The van der Waals surface area contributed by atoms with E-state index in [0.29, 0.717) is 11.8 Å². The first kappa shape index (κ1) is 12.2. The van der Waals surface area contributed by atoms with Gasteiger partial charge in [0.25, 0.3) is 0 Å². The first-order valence-corrected chi connectivity index (χ1v) is 6.49. The van der Waals surface area contributed by atoms with Crippen molar-refractivity contribution in [2.24, 2.45) is 0 Å². The van der Waals surface area contributed by atoms with Crippen molar-refractivity contribution in [1.29, 1.82) is 0 Å². The SMILES string of the molecule is CN(CC1CCCCCN1)c1cccc(O)c1. The highest BCUT2D eigenvalue weighted by Crippen LogP contribution is 2.20. The summed E-state index contributed by atoms with van der Waals surface area (Å²) in [5, 5.41) is 13.1. The van der Waals surface area contributed by atoms with Gasteiger partial charge in [0.2, 0.25) is 0 Å². The molecule has 1 unspecified atom stereocenters. The molecule has 1 saturated heterocycles. The van der Waals surface area contributed by atoms with Gasteiger partial charge in [-0.3, -0.25) is 0 Å². The van der Waals surface area contributed by atoms with Crippen LogP contribution >= 0.6 is 0 Å². The molecule has 1 aromatic rings.